The van der Waals surface area contributed by atoms with Crippen molar-refractivity contribution in [1.82, 2.24) is 19.6 Å². The van der Waals surface area contributed by atoms with Crippen molar-refractivity contribution in [1.29, 1.82) is 0 Å². The van der Waals surface area contributed by atoms with Crippen molar-refractivity contribution in [2.45, 2.75) is 37.3 Å². The highest BCUT2D eigenvalue weighted by Crippen LogP contribution is 2.39. The first kappa shape index (κ1) is 19.2. The van der Waals surface area contributed by atoms with Gasteiger partial charge in [0, 0.05) is 40.6 Å². The van der Waals surface area contributed by atoms with Gasteiger partial charge in [-0.2, -0.15) is 9.61 Å². The van der Waals surface area contributed by atoms with E-state index >= 15 is 0 Å². The predicted molar refractivity (Wildman–Crippen MR) is 119 cm³/mol. The average molecular weight is 410 g/mol. The van der Waals surface area contributed by atoms with Crippen LogP contribution in [-0.4, -0.2) is 30.4 Å². The molecule has 1 aromatic carbocycles. The van der Waals surface area contributed by atoms with Crippen molar-refractivity contribution in [2.75, 3.05) is 5.73 Å². The second-order valence-corrected chi connectivity index (χ2v) is 8.07. The lowest BCUT2D eigenvalue weighted by Crippen LogP contribution is -2.29. The van der Waals surface area contributed by atoms with Gasteiger partial charge in [0.15, 0.2) is 5.65 Å². The molecule has 7 nitrogen and oxygen atoms in total. The molecule has 4 aromatic rings. The van der Waals surface area contributed by atoms with Gasteiger partial charge in [-0.25, -0.2) is 11.6 Å². The number of fused-ring (bicyclic) bond motifs is 1. The molecular formula is C24H22N6O. The number of nitrogens with zero attached hydrogens (tertiary/aromatic N) is 5. The fourth-order valence-electron chi connectivity index (χ4n) is 4.24. The zero-order valence-electron chi connectivity index (χ0n) is 16.9. The third-order valence-electron chi connectivity index (χ3n) is 6.08. The van der Waals surface area contributed by atoms with E-state index in [0.29, 0.717) is 37.1 Å². The highest BCUT2D eigenvalue weighted by atomic mass is 16.3. The Morgan fingerprint density at radius 2 is 1.84 bits per heavy atom. The Balaban J connectivity index is 1.49. The van der Waals surface area contributed by atoms with Crippen LogP contribution in [0.4, 0.5) is 5.82 Å². The molecule has 3 aromatic heterocycles. The van der Waals surface area contributed by atoms with E-state index in [9.17, 15) is 5.11 Å². The van der Waals surface area contributed by atoms with Crippen molar-refractivity contribution in [3.63, 3.8) is 0 Å². The van der Waals surface area contributed by atoms with E-state index in [-0.39, 0.29) is 5.92 Å². The topological polar surface area (TPSA) is 93.7 Å². The highest BCUT2D eigenvalue weighted by molar-refractivity contribution is 5.78. The van der Waals surface area contributed by atoms with Crippen molar-refractivity contribution in [2.24, 2.45) is 0 Å². The van der Waals surface area contributed by atoms with Crippen molar-refractivity contribution < 1.29 is 5.11 Å². The zero-order valence-corrected chi connectivity index (χ0v) is 16.9. The number of benzene rings is 1. The van der Waals surface area contributed by atoms with E-state index in [1.807, 2.05) is 54.7 Å². The summed E-state index contributed by atoms with van der Waals surface area (Å²) < 4.78 is 1.64. The number of nitrogens with two attached hydrogens (primary N) is 1. The van der Waals surface area contributed by atoms with E-state index in [4.69, 9.17) is 17.3 Å². The summed E-state index contributed by atoms with van der Waals surface area (Å²) in [6.45, 7) is 7.20. The number of pyridine rings is 1. The number of nitrogen functional groups attached to an aromatic ring is 1. The maximum atomic E-state index is 10.2. The smallest absolute Gasteiger partial charge is 0.334 e. The first-order chi connectivity index (χ1) is 15.1. The Hall–Kier alpha value is -3.76. The molecule has 5 rings (SSSR count). The highest BCUT2D eigenvalue weighted by Gasteiger charge is 2.39. The Morgan fingerprint density at radius 1 is 1.06 bits per heavy atom. The number of aliphatic hydroxyl groups is 1. The molecular weight excluding hydrogens is 388 g/mol. The van der Waals surface area contributed by atoms with Gasteiger partial charge in [0.1, 0.15) is 5.82 Å². The van der Waals surface area contributed by atoms with Crippen LogP contribution in [0.5, 0.6) is 0 Å². The lowest BCUT2D eigenvalue weighted by Gasteiger charge is -2.27. The van der Waals surface area contributed by atoms with E-state index in [0.717, 1.165) is 28.1 Å². The van der Waals surface area contributed by atoms with Crippen LogP contribution >= 0.6 is 0 Å². The fraction of sp³-hybridized carbons (Fsp3) is 0.250. The quantitative estimate of drug-likeness (QED) is 0.491. The number of hydrogen-bond donors (Lipinski definition) is 2. The Bertz CT molecular complexity index is 1270. The summed E-state index contributed by atoms with van der Waals surface area (Å²) in [6.07, 6.45) is 5.91. The largest absolute Gasteiger partial charge is 0.384 e. The summed E-state index contributed by atoms with van der Waals surface area (Å²) in [7, 11) is 0. The first-order valence-electron chi connectivity index (χ1n) is 10.3. The molecule has 7 heteroatoms. The molecule has 154 valence electrons. The molecule has 1 fully saturated rings. The van der Waals surface area contributed by atoms with Crippen LogP contribution in [0, 0.1) is 6.57 Å². The maximum absolute atomic E-state index is 10.2. The maximum Gasteiger partial charge on any atom is 0.334 e. The molecule has 0 amide bonds. The third kappa shape index (κ3) is 3.51. The molecule has 0 saturated heterocycles. The van der Waals surface area contributed by atoms with Gasteiger partial charge >= 0.3 is 5.72 Å². The Morgan fingerprint density at radius 3 is 2.52 bits per heavy atom. The van der Waals surface area contributed by atoms with Gasteiger partial charge < -0.3 is 10.8 Å². The van der Waals surface area contributed by atoms with E-state index in [1.165, 1.54) is 0 Å². The van der Waals surface area contributed by atoms with Gasteiger partial charge in [0.05, 0.1) is 24.7 Å². The van der Waals surface area contributed by atoms with Gasteiger partial charge in [-0.05, 0) is 18.9 Å². The second-order valence-electron chi connectivity index (χ2n) is 8.07. The predicted octanol–water partition coefficient (Wildman–Crippen LogP) is 4.31. The van der Waals surface area contributed by atoms with Crippen LogP contribution in [-0.2, 0) is 0 Å². The monoisotopic (exact) mass is 410 g/mol. The molecule has 0 atom stereocenters. The molecule has 1 aliphatic rings. The van der Waals surface area contributed by atoms with E-state index in [2.05, 4.69) is 14.9 Å². The Kier molecular flexibility index (Phi) is 4.64. The number of hydrogen-bond acceptors (Lipinski definition) is 5. The van der Waals surface area contributed by atoms with Crippen LogP contribution in [0.3, 0.4) is 0 Å². The third-order valence-corrected chi connectivity index (χ3v) is 6.08. The minimum atomic E-state index is -1.24. The molecule has 1 saturated carbocycles. The summed E-state index contributed by atoms with van der Waals surface area (Å²) >= 11 is 0. The summed E-state index contributed by atoms with van der Waals surface area (Å²) in [5.41, 5.74) is 10.4. The van der Waals surface area contributed by atoms with E-state index in [1.54, 1.807) is 10.7 Å². The van der Waals surface area contributed by atoms with Crippen LogP contribution in [0.1, 0.15) is 37.3 Å². The van der Waals surface area contributed by atoms with Gasteiger partial charge in [-0.15, -0.1) is 0 Å². The molecule has 31 heavy (non-hydrogen) atoms. The molecule has 0 radical (unpaired) electrons. The molecule has 0 unspecified atom stereocenters. The number of rotatable bonds is 3. The molecule has 0 spiro atoms. The summed E-state index contributed by atoms with van der Waals surface area (Å²) in [5, 5.41) is 14.6. The zero-order chi connectivity index (χ0) is 21.4. The standard InChI is InChI=1S/C24H22N6O/c1-26-24(31)11-9-17(10-12-24)21-13-22(25)30-23(29-21)19(15-28-30)18-7-8-20(27-14-18)16-5-3-2-4-6-16/h2-8,13-15,17,31H,9-12,25H2. The second kappa shape index (κ2) is 7.49. The van der Waals surface area contributed by atoms with Crippen molar-refractivity contribution >= 4 is 11.5 Å². The molecule has 3 heterocycles. The average Bonchev–Trinajstić information content (AvgIpc) is 3.25. The molecule has 0 aliphatic heterocycles. The fourth-order valence-corrected chi connectivity index (χ4v) is 4.24. The summed E-state index contributed by atoms with van der Waals surface area (Å²) in [4.78, 5) is 12.9. The lowest BCUT2D eigenvalue weighted by molar-refractivity contribution is 0.0425. The van der Waals surface area contributed by atoms with Crippen molar-refractivity contribution in [3.05, 3.63) is 78.0 Å². The number of anilines is 1. The molecule has 3 N–H and O–H groups in total. The molecule has 0 bridgehead atoms. The minimum Gasteiger partial charge on any atom is -0.384 e. The lowest BCUT2D eigenvalue weighted by atomic mass is 9.82. The van der Waals surface area contributed by atoms with Crippen LogP contribution < -0.4 is 5.73 Å². The van der Waals surface area contributed by atoms with Gasteiger partial charge in [0.25, 0.3) is 0 Å². The van der Waals surface area contributed by atoms with Gasteiger partial charge in [0.2, 0.25) is 0 Å². The summed E-state index contributed by atoms with van der Waals surface area (Å²) in [6, 6.07) is 15.9. The van der Waals surface area contributed by atoms with Crippen LogP contribution in [0.15, 0.2) is 60.9 Å². The van der Waals surface area contributed by atoms with Crippen LogP contribution in [0.2, 0.25) is 0 Å². The SMILES string of the molecule is [C-]#[N+]C1(O)CCC(c2cc(N)n3ncc(-c4ccc(-c5ccccc5)nc4)c3n2)CC1. The molecule has 1 aliphatic carbocycles. The van der Waals surface area contributed by atoms with Crippen molar-refractivity contribution in [3.8, 4) is 22.4 Å². The van der Waals surface area contributed by atoms with Crippen LogP contribution in [0.25, 0.3) is 32.9 Å². The van der Waals surface area contributed by atoms with E-state index < -0.39 is 5.72 Å². The Labute approximate surface area is 180 Å². The normalized spacial score (nSPS) is 21.1. The minimum absolute atomic E-state index is 0.163. The summed E-state index contributed by atoms with van der Waals surface area (Å²) in [5.74, 6) is 0.682. The number of aromatic nitrogens is 4. The first-order valence-corrected chi connectivity index (χ1v) is 10.3. The van der Waals surface area contributed by atoms with Gasteiger partial charge in [-0.3, -0.25) is 9.83 Å². The van der Waals surface area contributed by atoms with Gasteiger partial charge in [-0.1, -0.05) is 36.4 Å².